The number of hydrogen-bond acceptors (Lipinski definition) is 3. The molecule has 0 bridgehead atoms. The summed E-state index contributed by atoms with van der Waals surface area (Å²) < 4.78 is 19.0. The monoisotopic (exact) mass is 353 g/mol. The molecule has 0 spiro atoms. The average Bonchev–Trinajstić information content (AvgIpc) is 2.67. The van der Waals surface area contributed by atoms with Crippen molar-refractivity contribution in [2.75, 3.05) is 13.2 Å². The van der Waals surface area contributed by atoms with E-state index in [0.717, 1.165) is 17.5 Å². The van der Waals surface area contributed by atoms with E-state index in [0.29, 0.717) is 19.6 Å². The van der Waals surface area contributed by atoms with Gasteiger partial charge in [-0.15, -0.1) is 0 Å². The molecule has 0 N–H and O–H groups in total. The molecule has 4 rings (SSSR count). The van der Waals surface area contributed by atoms with E-state index >= 15 is 0 Å². The third-order valence-corrected chi connectivity index (χ3v) is 5.14. The molecule has 0 aliphatic carbocycles. The summed E-state index contributed by atoms with van der Waals surface area (Å²) in [5.41, 5.74) is 3.08. The Kier molecular flexibility index (Phi) is 4.55. The molecule has 2 aromatic rings. The minimum Gasteiger partial charge on any atom is -0.367 e. The fraction of sp³-hybridized carbons (Fsp3) is 0.333. The number of carbonyl (C=O) groups is 2. The van der Waals surface area contributed by atoms with Crippen LogP contribution < -0.4 is 0 Å². The molecule has 2 atom stereocenters. The van der Waals surface area contributed by atoms with Crippen molar-refractivity contribution in [1.29, 1.82) is 0 Å². The Bertz CT molecular complexity index is 833. The van der Waals surface area contributed by atoms with Crippen molar-refractivity contribution in [3.05, 3.63) is 71.0 Å². The first-order valence-corrected chi connectivity index (χ1v) is 8.90. The van der Waals surface area contributed by atoms with Gasteiger partial charge in [0.1, 0.15) is 17.7 Å². The molecule has 2 heterocycles. The maximum Gasteiger partial charge on any atom is 0.252 e. The zero-order chi connectivity index (χ0) is 18.1. The maximum atomic E-state index is 13.4. The second-order valence-corrected chi connectivity index (χ2v) is 6.79. The van der Waals surface area contributed by atoms with Crippen molar-refractivity contribution in [2.45, 2.75) is 31.4 Å². The van der Waals surface area contributed by atoms with E-state index in [-0.39, 0.29) is 30.0 Å². The molecule has 1 fully saturated rings. The van der Waals surface area contributed by atoms with Gasteiger partial charge in [-0.05, 0) is 35.2 Å². The van der Waals surface area contributed by atoms with Crippen LogP contribution in [0.3, 0.4) is 0 Å². The van der Waals surface area contributed by atoms with E-state index < -0.39 is 6.10 Å². The summed E-state index contributed by atoms with van der Waals surface area (Å²) in [5.74, 6) is -0.413. The number of fused-ring (bicyclic) bond motifs is 1. The van der Waals surface area contributed by atoms with Gasteiger partial charge in [-0.25, -0.2) is 4.39 Å². The summed E-state index contributed by atoms with van der Waals surface area (Å²) in [4.78, 5) is 26.7. The lowest BCUT2D eigenvalue weighted by atomic mass is 9.87. The van der Waals surface area contributed by atoms with Crippen LogP contribution in [0.15, 0.2) is 48.5 Å². The van der Waals surface area contributed by atoms with Gasteiger partial charge in [0.15, 0.2) is 0 Å². The molecule has 0 saturated carbocycles. The predicted octanol–water partition coefficient (Wildman–Crippen LogP) is 3.05. The molecule has 4 nitrogen and oxygen atoms in total. The van der Waals surface area contributed by atoms with Crippen LogP contribution >= 0.6 is 0 Å². The Balaban J connectivity index is 1.72. The van der Waals surface area contributed by atoms with E-state index in [9.17, 15) is 14.0 Å². The molecular weight excluding hydrogens is 333 g/mol. The number of halogens is 1. The first-order valence-electron chi connectivity index (χ1n) is 8.90. The number of rotatable bonds is 2. The van der Waals surface area contributed by atoms with Crippen LogP contribution in [0.5, 0.6) is 0 Å². The Labute approximate surface area is 151 Å². The van der Waals surface area contributed by atoms with Crippen molar-refractivity contribution in [2.24, 2.45) is 0 Å². The highest BCUT2D eigenvalue weighted by Crippen LogP contribution is 2.36. The second kappa shape index (κ2) is 7.00. The highest BCUT2D eigenvalue weighted by Gasteiger charge is 2.37. The average molecular weight is 353 g/mol. The Morgan fingerprint density at radius 2 is 1.85 bits per heavy atom. The lowest BCUT2D eigenvalue weighted by molar-refractivity contribution is -0.153. The molecule has 5 heteroatoms. The summed E-state index contributed by atoms with van der Waals surface area (Å²) in [6.07, 6.45) is 0.533. The highest BCUT2D eigenvalue weighted by molar-refractivity contribution is 5.90. The van der Waals surface area contributed by atoms with Gasteiger partial charge in [-0.3, -0.25) is 9.59 Å². The van der Waals surface area contributed by atoms with Crippen molar-refractivity contribution >= 4 is 11.7 Å². The third kappa shape index (κ3) is 3.15. The van der Waals surface area contributed by atoms with Crippen molar-refractivity contribution < 1.29 is 18.7 Å². The Morgan fingerprint density at radius 1 is 1.08 bits per heavy atom. The molecule has 2 aliphatic rings. The zero-order valence-corrected chi connectivity index (χ0v) is 14.4. The Morgan fingerprint density at radius 3 is 2.62 bits per heavy atom. The van der Waals surface area contributed by atoms with Gasteiger partial charge in [0, 0.05) is 19.4 Å². The topological polar surface area (TPSA) is 46.6 Å². The summed E-state index contributed by atoms with van der Waals surface area (Å²) >= 11 is 0. The summed E-state index contributed by atoms with van der Waals surface area (Å²) in [6.45, 7) is 0.840. The second-order valence-electron chi connectivity index (χ2n) is 6.79. The standard InChI is InChI=1S/C21H20FNO3/c22-16-7-5-15(6-8-16)20-18-4-2-1-3-14(18)9-11-23(20)21(25)19-13-17(24)10-12-26-19/h1-8,19-20H,9-13H2/t19-,20-/m0/s1. The molecular formula is C21H20FNO3. The minimum absolute atomic E-state index is 0.0605. The first-order chi connectivity index (χ1) is 12.6. The number of ether oxygens (including phenoxy) is 1. The number of benzene rings is 2. The number of carbonyl (C=O) groups excluding carboxylic acids is 2. The van der Waals surface area contributed by atoms with Crippen molar-refractivity contribution in [1.82, 2.24) is 4.90 Å². The molecule has 0 unspecified atom stereocenters. The van der Waals surface area contributed by atoms with E-state index in [1.54, 1.807) is 17.0 Å². The van der Waals surface area contributed by atoms with E-state index in [1.807, 2.05) is 18.2 Å². The third-order valence-electron chi connectivity index (χ3n) is 5.14. The number of hydrogen-bond donors (Lipinski definition) is 0. The lowest BCUT2D eigenvalue weighted by Gasteiger charge is -2.39. The van der Waals surface area contributed by atoms with E-state index in [2.05, 4.69) is 6.07 Å². The van der Waals surface area contributed by atoms with Crippen LogP contribution in [-0.4, -0.2) is 35.8 Å². The number of ketones is 1. The van der Waals surface area contributed by atoms with Gasteiger partial charge in [-0.2, -0.15) is 0 Å². The fourth-order valence-corrected chi connectivity index (χ4v) is 3.83. The largest absolute Gasteiger partial charge is 0.367 e. The van der Waals surface area contributed by atoms with Crippen molar-refractivity contribution in [3.8, 4) is 0 Å². The van der Waals surface area contributed by atoms with Crippen molar-refractivity contribution in [3.63, 3.8) is 0 Å². The van der Waals surface area contributed by atoms with Crippen LogP contribution in [0.2, 0.25) is 0 Å². The SMILES string of the molecule is O=C1CCO[C@H](C(=O)N2CCc3ccccc3[C@@H]2c2ccc(F)cc2)C1. The minimum atomic E-state index is -0.718. The molecule has 0 aromatic heterocycles. The zero-order valence-electron chi connectivity index (χ0n) is 14.4. The van der Waals surface area contributed by atoms with Gasteiger partial charge in [-0.1, -0.05) is 36.4 Å². The smallest absolute Gasteiger partial charge is 0.252 e. The normalized spacial score (nSPS) is 22.8. The van der Waals surface area contributed by atoms with E-state index in [1.165, 1.54) is 17.7 Å². The molecule has 0 radical (unpaired) electrons. The van der Waals surface area contributed by atoms with Crippen LogP contribution in [0.1, 0.15) is 35.6 Å². The van der Waals surface area contributed by atoms with Gasteiger partial charge in [0.05, 0.1) is 12.6 Å². The number of Topliss-reactive ketones (excluding diaryl/α,β-unsaturated/α-hetero) is 1. The lowest BCUT2D eigenvalue weighted by Crippen LogP contribution is -2.48. The molecule has 1 saturated heterocycles. The van der Waals surface area contributed by atoms with Gasteiger partial charge < -0.3 is 9.64 Å². The number of amides is 1. The van der Waals surface area contributed by atoms with E-state index in [4.69, 9.17) is 4.74 Å². The maximum absolute atomic E-state index is 13.4. The number of nitrogens with zero attached hydrogens (tertiary/aromatic N) is 1. The van der Waals surface area contributed by atoms with Crippen LogP contribution in [0, 0.1) is 5.82 Å². The summed E-state index contributed by atoms with van der Waals surface area (Å²) in [7, 11) is 0. The molecule has 26 heavy (non-hydrogen) atoms. The molecule has 2 aromatic carbocycles. The first kappa shape index (κ1) is 16.9. The van der Waals surface area contributed by atoms with Gasteiger partial charge in [0.2, 0.25) is 0 Å². The Hall–Kier alpha value is -2.53. The van der Waals surface area contributed by atoms with Crippen LogP contribution in [0.25, 0.3) is 0 Å². The predicted molar refractivity (Wildman–Crippen MR) is 94.1 cm³/mol. The quantitative estimate of drug-likeness (QED) is 0.834. The van der Waals surface area contributed by atoms with Gasteiger partial charge >= 0.3 is 0 Å². The summed E-state index contributed by atoms with van der Waals surface area (Å²) in [6, 6.07) is 14.0. The molecule has 2 aliphatic heterocycles. The fourth-order valence-electron chi connectivity index (χ4n) is 3.83. The molecule has 1 amide bonds. The highest BCUT2D eigenvalue weighted by atomic mass is 19.1. The summed E-state index contributed by atoms with van der Waals surface area (Å²) in [5, 5.41) is 0. The van der Waals surface area contributed by atoms with Crippen LogP contribution in [-0.2, 0) is 20.7 Å². The van der Waals surface area contributed by atoms with Gasteiger partial charge in [0.25, 0.3) is 5.91 Å². The molecule has 134 valence electrons. The van der Waals surface area contributed by atoms with Crippen LogP contribution in [0.4, 0.5) is 4.39 Å².